The van der Waals surface area contributed by atoms with Gasteiger partial charge in [-0.1, -0.05) is 18.6 Å². The van der Waals surface area contributed by atoms with Crippen LogP contribution in [0.5, 0.6) is 0 Å². The maximum Gasteiger partial charge on any atom is 0.315 e. The third kappa shape index (κ3) is 4.74. The van der Waals surface area contributed by atoms with Gasteiger partial charge in [-0.15, -0.1) is 10.2 Å². The van der Waals surface area contributed by atoms with Crippen LogP contribution in [-0.2, 0) is 17.8 Å². The number of aryl methyl sites for hydroxylation is 2. The van der Waals surface area contributed by atoms with Crippen LogP contribution in [0.2, 0.25) is 0 Å². The van der Waals surface area contributed by atoms with Crippen LogP contribution in [0.4, 0.5) is 10.5 Å². The van der Waals surface area contributed by atoms with Crippen molar-refractivity contribution in [1.82, 2.24) is 25.4 Å². The van der Waals surface area contributed by atoms with Gasteiger partial charge in [-0.05, 0) is 87.7 Å². The van der Waals surface area contributed by atoms with Gasteiger partial charge < -0.3 is 20.5 Å². The zero-order chi connectivity index (χ0) is 24.7. The minimum absolute atomic E-state index is 0.0153. The number of hydrogen-bond donors (Lipinski definition) is 3. The van der Waals surface area contributed by atoms with Gasteiger partial charge in [-0.25, -0.2) is 4.79 Å². The number of carbonyl (C=O) groups excluding carboxylic acids is 2. The van der Waals surface area contributed by atoms with Gasteiger partial charge in [-0.3, -0.25) is 4.79 Å². The molecule has 1 aliphatic heterocycles. The fraction of sp³-hybridized carbons (Fsp3) is 0.643. The Morgan fingerprint density at radius 2 is 1.78 bits per heavy atom. The Hall–Kier alpha value is -2.90. The average Bonchev–Trinajstić information content (AvgIpc) is 3.07. The third-order valence-corrected chi connectivity index (χ3v) is 8.93. The molecule has 0 saturated heterocycles. The molecule has 0 unspecified atom stereocenters. The summed E-state index contributed by atoms with van der Waals surface area (Å²) in [5.41, 5.74) is 2.72. The quantitative estimate of drug-likeness (QED) is 0.552. The van der Waals surface area contributed by atoms with Gasteiger partial charge in [0.1, 0.15) is 5.82 Å². The summed E-state index contributed by atoms with van der Waals surface area (Å²) in [6.45, 7) is 3.24. The van der Waals surface area contributed by atoms with Crippen molar-refractivity contribution in [2.75, 3.05) is 11.9 Å². The molecule has 3 N–H and O–H groups in total. The number of nitrogens with one attached hydrogen (secondary N) is 3. The topological polar surface area (TPSA) is 101 Å². The lowest BCUT2D eigenvalue weighted by Gasteiger charge is -2.56. The molecule has 4 fully saturated rings. The summed E-state index contributed by atoms with van der Waals surface area (Å²) in [6.07, 6.45) is 12.1. The number of fused-ring (bicyclic) bond motifs is 1. The van der Waals surface area contributed by atoms with E-state index in [4.69, 9.17) is 0 Å². The van der Waals surface area contributed by atoms with E-state index >= 15 is 0 Å². The Morgan fingerprint density at radius 3 is 2.53 bits per heavy atom. The van der Waals surface area contributed by atoms with Crippen molar-refractivity contribution in [1.29, 1.82) is 0 Å². The van der Waals surface area contributed by atoms with Gasteiger partial charge in [0.15, 0.2) is 5.82 Å². The van der Waals surface area contributed by atoms with Crippen molar-refractivity contribution >= 4 is 17.6 Å². The summed E-state index contributed by atoms with van der Waals surface area (Å²) >= 11 is 0. The zero-order valence-electron chi connectivity index (χ0n) is 21.3. The summed E-state index contributed by atoms with van der Waals surface area (Å²) < 4.78 is 2.22. The van der Waals surface area contributed by atoms with Gasteiger partial charge in [0, 0.05) is 42.7 Å². The molecule has 1 aromatic carbocycles. The normalized spacial score (nSPS) is 28.3. The minimum Gasteiger partial charge on any atom is -0.338 e. The van der Waals surface area contributed by atoms with Crippen LogP contribution in [0.3, 0.4) is 0 Å². The van der Waals surface area contributed by atoms with E-state index in [1.807, 2.05) is 25.1 Å². The van der Waals surface area contributed by atoms with Crippen LogP contribution in [0, 0.1) is 24.7 Å². The minimum atomic E-state index is -0.129. The largest absolute Gasteiger partial charge is 0.338 e. The standard InChI is InChI=1S/C28H38N6O2/c1-18-6-7-22(26-33-32-24-5-3-2-4-10-34(24)26)14-23(18)30-25(35)8-9-29-27(36)31-28-15-19-11-20(16-28)13-21(12-19)17-28/h6-7,14,19-21H,2-5,8-13,15-17H2,1H3,(H,30,35)(H2,29,31,36). The third-order valence-electron chi connectivity index (χ3n) is 8.93. The second-order valence-corrected chi connectivity index (χ2v) is 11.8. The predicted octanol–water partition coefficient (Wildman–Crippen LogP) is 4.58. The first-order valence-electron chi connectivity index (χ1n) is 13.9. The number of rotatable bonds is 6. The van der Waals surface area contributed by atoms with E-state index in [1.54, 1.807) is 0 Å². The summed E-state index contributed by atoms with van der Waals surface area (Å²) in [6, 6.07) is 5.92. The van der Waals surface area contributed by atoms with Crippen LogP contribution < -0.4 is 16.0 Å². The Labute approximate surface area is 213 Å². The molecule has 192 valence electrons. The maximum absolute atomic E-state index is 12.7. The number of urea groups is 1. The van der Waals surface area contributed by atoms with Gasteiger partial charge in [0.2, 0.25) is 5.91 Å². The highest BCUT2D eigenvalue weighted by Crippen LogP contribution is 2.55. The molecule has 7 rings (SSSR count). The number of benzene rings is 1. The first kappa shape index (κ1) is 23.5. The van der Waals surface area contributed by atoms with Crippen molar-refractivity contribution in [2.45, 2.75) is 89.6 Å². The fourth-order valence-corrected chi connectivity index (χ4v) is 7.65. The van der Waals surface area contributed by atoms with Crippen molar-refractivity contribution in [2.24, 2.45) is 17.8 Å². The van der Waals surface area contributed by atoms with Crippen molar-refractivity contribution in [3.8, 4) is 11.4 Å². The summed E-state index contributed by atoms with van der Waals surface area (Å²) in [7, 11) is 0. The molecule has 0 atom stereocenters. The molecule has 4 saturated carbocycles. The molecule has 3 amide bonds. The van der Waals surface area contributed by atoms with Crippen molar-refractivity contribution < 1.29 is 9.59 Å². The molecule has 5 aliphatic rings. The van der Waals surface area contributed by atoms with Crippen LogP contribution in [-0.4, -0.2) is 38.8 Å². The Morgan fingerprint density at radius 1 is 1.03 bits per heavy atom. The number of hydrogen-bond acceptors (Lipinski definition) is 4. The van der Waals surface area contributed by atoms with E-state index in [0.29, 0.717) is 6.54 Å². The van der Waals surface area contributed by atoms with Gasteiger partial charge in [0.25, 0.3) is 0 Å². The first-order valence-corrected chi connectivity index (χ1v) is 13.9. The van der Waals surface area contributed by atoms with Crippen LogP contribution >= 0.6 is 0 Å². The van der Waals surface area contributed by atoms with Crippen LogP contribution in [0.25, 0.3) is 11.4 Å². The van der Waals surface area contributed by atoms with Gasteiger partial charge in [0.05, 0.1) is 0 Å². The Bertz CT molecular complexity index is 1120. The maximum atomic E-state index is 12.7. The molecule has 2 heterocycles. The van der Waals surface area contributed by atoms with E-state index in [1.165, 1.54) is 25.7 Å². The van der Waals surface area contributed by atoms with Gasteiger partial charge >= 0.3 is 6.03 Å². The molecular weight excluding hydrogens is 452 g/mol. The molecule has 0 spiro atoms. The van der Waals surface area contributed by atoms with E-state index in [9.17, 15) is 9.59 Å². The molecular formula is C28H38N6O2. The molecule has 4 aliphatic carbocycles. The van der Waals surface area contributed by atoms with Crippen LogP contribution in [0.15, 0.2) is 18.2 Å². The monoisotopic (exact) mass is 490 g/mol. The molecule has 4 bridgehead atoms. The number of aromatic nitrogens is 3. The van der Waals surface area contributed by atoms with Crippen molar-refractivity contribution in [3.63, 3.8) is 0 Å². The van der Waals surface area contributed by atoms with Crippen LogP contribution in [0.1, 0.15) is 75.6 Å². The SMILES string of the molecule is Cc1ccc(-c2nnc3n2CCCCC3)cc1NC(=O)CCNC(=O)NC12CC3CC(CC(C3)C1)C2. The highest BCUT2D eigenvalue weighted by molar-refractivity contribution is 5.92. The summed E-state index contributed by atoms with van der Waals surface area (Å²) in [4.78, 5) is 25.4. The van der Waals surface area contributed by atoms with E-state index in [-0.39, 0.29) is 23.9 Å². The number of carbonyl (C=O) groups is 2. The molecule has 1 aromatic heterocycles. The second-order valence-electron chi connectivity index (χ2n) is 11.8. The molecule has 2 aromatic rings. The van der Waals surface area contributed by atoms with Crippen molar-refractivity contribution in [3.05, 3.63) is 29.6 Å². The smallest absolute Gasteiger partial charge is 0.315 e. The molecule has 8 heteroatoms. The zero-order valence-corrected chi connectivity index (χ0v) is 21.3. The molecule has 8 nitrogen and oxygen atoms in total. The highest BCUT2D eigenvalue weighted by Gasteiger charge is 2.51. The highest BCUT2D eigenvalue weighted by atomic mass is 16.2. The average molecular weight is 491 g/mol. The van der Waals surface area contributed by atoms with E-state index < -0.39 is 0 Å². The molecule has 36 heavy (non-hydrogen) atoms. The number of amides is 3. The molecule has 0 radical (unpaired) electrons. The Kier molecular flexibility index (Phi) is 6.21. The van der Waals surface area contributed by atoms with E-state index in [2.05, 4.69) is 30.7 Å². The number of anilines is 1. The Balaban J connectivity index is 1.03. The van der Waals surface area contributed by atoms with Gasteiger partial charge in [-0.2, -0.15) is 0 Å². The lowest BCUT2D eigenvalue weighted by Crippen LogP contribution is -2.61. The summed E-state index contributed by atoms with van der Waals surface area (Å²) in [5, 5.41) is 18.1. The van der Waals surface area contributed by atoms with E-state index in [0.717, 1.165) is 91.3 Å². The number of nitrogens with zero attached hydrogens (tertiary/aromatic N) is 3. The summed E-state index contributed by atoms with van der Waals surface area (Å²) in [5.74, 6) is 4.17. The predicted molar refractivity (Wildman–Crippen MR) is 138 cm³/mol. The second kappa shape index (κ2) is 9.52. The first-order chi connectivity index (χ1) is 17.5. The lowest BCUT2D eigenvalue weighted by atomic mass is 9.53. The lowest BCUT2D eigenvalue weighted by molar-refractivity contribution is -0.116. The fourth-order valence-electron chi connectivity index (χ4n) is 7.65.